The van der Waals surface area contributed by atoms with Gasteiger partial charge in [-0.1, -0.05) is 0 Å². The monoisotopic (exact) mass is 141 g/mol. The topological polar surface area (TPSA) is 48.5 Å². The van der Waals surface area contributed by atoms with Crippen molar-refractivity contribution in [3.8, 4) is 6.07 Å². The summed E-state index contributed by atoms with van der Waals surface area (Å²) in [6.07, 6.45) is 0.618. The Hall–Kier alpha value is -0.880. The van der Waals surface area contributed by atoms with Gasteiger partial charge < -0.3 is 0 Å². The number of aliphatic imine (C=N–C) groups is 2. The summed E-state index contributed by atoms with van der Waals surface area (Å²) < 4.78 is 0. The molecule has 0 aromatic heterocycles. The van der Waals surface area contributed by atoms with E-state index in [9.17, 15) is 0 Å². The van der Waals surface area contributed by atoms with E-state index in [1.54, 1.807) is 0 Å². The van der Waals surface area contributed by atoms with Crippen molar-refractivity contribution >= 4 is 22.6 Å². The third-order valence-electron chi connectivity index (χ3n) is 0.947. The molecule has 0 radical (unpaired) electrons. The van der Waals surface area contributed by atoms with Crippen LogP contribution in [-0.4, -0.2) is 17.6 Å². The highest BCUT2D eigenvalue weighted by Gasteiger charge is 2.03. The summed E-state index contributed by atoms with van der Waals surface area (Å²) in [5.74, 6) is 0. The molecule has 1 aliphatic rings. The number of rotatable bonds is 0. The number of hydrogen-bond acceptors (Lipinski definition) is 3. The van der Waals surface area contributed by atoms with Crippen molar-refractivity contribution in [3.63, 3.8) is 0 Å². The van der Waals surface area contributed by atoms with Crippen LogP contribution in [0.2, 0.25) is 0 Å². The van der Waals surface area contributed by atoms with Gasteiger partial charge in [0, 0.05) is 13.0 Å². The minimum atomic E-state index is 0.192. The molecule has 0 aromatic rings. The number of hydrogen-bond donors (Lipinski definition) is 0. The molecule has 0 bridgehead atoms. The van der Waals surface area contributed by atoms with E-state index in [1.165, 1.54) is 0 Å². The van der Waals surface area contributed by atoms with Crippen LogP contribution in [0, 0.1) is 11.3 Å². The second kappa shape index (κ2) is 2.60. The molecular formula is C5H4ClN3. The molecule has 0 spiro atoms. The Bertz CT molecular complexity index is 211. The maximum absolute atomic E-state index is 8.31. The van der Waals surface area contributed by atoms with Crippen molar-refractivity contribution in [2.75, 3.05) is 6.54 Å². The Balaban J connectivity index is 2.78. The van der Waals surface area contributed by atoms with E-state index in [-0.39, 0.29) is 5.29 Å². The minimum absolute atomic E-state index is 0.192. The van der Waals surface area contributed by atoms with Crippen LogP contribution in [0.3, 0.4) is 0 Å². The fraction of sp³-hybridized carbons (Fsp3) is 0.400. The Labute approximate surface area is 57.7 Å². The lowest BCUT2D eigenvalue weighted by Crippen LogP contribution is -2.05. The molecule has 0 amide bonds. The summed E-state index contributed by atoms with van der Waals surface area (Å²) in [5, 5.41) is 8.51. The molecule has 1 heterocycles. The van der Waals surface area contributed by atoms with Crippen LogP contribution < -0.4 is 0 Å². The summed E-state index contributed by atoms with van der Waals surface area (Å²) in [7, 11) is 0. The Kier molecular flexibility index (Phi) is 1.81. The largest absolute Gasteiger partial charge is 0.256 e. The lowest BCUT2D eigenvalue weighted by molar-refractivity contribution is 1.03. The van der Waals surface area contributed by atoms with E-state index >= 15 is 0 Å². The maximum atomic E-state index is 8.31. The molecule has 0 fully saturated rings. The first-order valence-electron chi connectivity index (χ1n) is 2.50. The van der Waals surface area contributed by atoms with Gasteiger partial charge in [0.15, 0.2) is 0 Å². The Morgan fingerprint density at radius 2 is 2.44 bits per heavy atom. The van der Waals surface area contributed by atoms with Gasteiger partial charge in [-0.05, 0) is 11.6 Å². The molecule has 0 aliphatic carbocycles. The Morgan fingerprint density at radius 3 is 2.89 bits per heavy atom. The van der Waals surface area contributed by atoms with Gasteiger partial charge in [-0.15, -0.1) is 0 Å². The molecule has 3 nitrogen and oxygen atoms in total. The van der Waals surface area contributed by atoms with Crippen LogP contribution >= 0.6 is 11.6 Å². The molecule has 0 N–H and O–H groups in total. The second-order valence-electron chi connectivity index (χ2n) is 1.57. The molecule has 9 heavy (non-hydrogen) atoms. The van der Waals surface area contributed by atoms with E-state index in [0.29, 0.717) is 18.7 Å². The average Bonchev–Trinajstić information content (AvgIpc) is 1.88. The predicted octanol–water partition coefficient (Wildman–Crippen LogP) is 0.949. The van der Waals surface area contributed by atoms with Gasteiger partial charge >= 0.3 is 0 Å². The average molecular weight is 142 g/mol. The quantitative estimate of drug-likeness (QED) is 0.464. The maximum Gasteiger partial charge on any atom is 0.218 e. The summed E-state index contributed by atoms with van der Waals surface area (Å²) in [6.45, 7) is 0.589. The van der Waals surface area contributed by atoms with Gasteiger partial charge in [-0.25, -0.2) is 4.99 Å². The van der Waals surface area contributed by atoms with Crippen LogP contribution in [0.15, 0.2) is 9.98 Å². The van der Waals surface area contributed by atoms with E-state index in [4.69, 9.17) is 16.9 Å². The zero-order chi connectivity index (χ0) is 6.69. The van der Waals surface area contributed by atoms with Gasteiger partial charge in [0.2, 0.25) is 5.29 Å². The zero-order valence-electron chi connectivity index (χ0n) is 4.63. The highest BCUT2D eigenvalue weighted by molar-refractivity contribution is 6.66. The number of nitriles is 1. The first kappa shape index (κ1) is 6.24. The van der Waals surface area contributed by atoms with Crippen molar-refractivity contribution in [1.29, 1.82) is 5.26 Å². The van der Waals surface area contributed by atoms with Gasteiger partial charge in [0.25, 0.3) is 0 Å². The standard InChI is InChI=1S/C5H4ClN3/c6-5-8-2-1-4(3-7)9-5/h1-2H2. The van der Waals surface area contributed by atoms with Crippen LogP contribution in [-0.2, 0) is 0 Å². The van der Waals surface area contributed by atoms with E-state index in [2.05, 4.69) is 9.98 Å². The van der Waals surface area contributed by atoms with Gasteiger partial charge in [0.1, 0.15) is 11.8 Å². The zero-order valence-corrected chi connectivity index (χ0v) is 5.39. The Morgan fingerprint density at radius 1 is 1.67 bits per heavy atom. The first-order chi connectivity index (χ1) is 4.33. The lowest BCUT2D eigenvalue weighted by atomic mass is 10.3. The SMILES string of the molecule is N#CC1=NC(Cl)=NCC1. The molecular weight excluding hydrogens is 138 g/mol. The molecule has 1 rings (SSSR count). The molecule has 1 aliphatic heterocycles. The summed E-state index contributed by atoms with van der Waals surface area (Å²) in [6, 6.07) is 1.92. The van der Waals surface area contributed by atoms with Crippen molar-refractivity contribution in [2.24, 2.45) is 9.98 Å². The molecule has 0 unspecified atom stereocenters. The first-order valence-corrected chi connectivity index (χ1v) is 2.88. The number of halogens is 1. The smallest absolute Gasteiger partial charge is 0.218 e. The van der Waals surface area contributed by atoms with Crippen LogP contribution in [0.25, 0.3) is 0 Å². The molecule has 46 valence electrons. The third kappa shape index (κ3) is 1.51. The van der Waals surface area contributed by atoms with E-state index in [0.717, 1.165) is 0 Å². The third-order valence-corrected chi connectivity index (χ3v) is 1.15. The van der Waals surface area contributed by atoms with Crippen molar-refractivity contribution in [1.82, 2.24) is 0 Å². The highest BCUT2D eigenvalue weighted by atomic mass is 35.5. The summed E-state index contributed by atoms with van der Waals surface area (Å²) in [5.41, 5.74) is 0.468. The molecule has 4 heteroatoms. The van der Waals surface area contributed by atoms with Crippen LogP contribution in [0.4, 0.5) is 0 Å². The highest BCUT2D eigenvalue weighted by Crippen LogP contribution is 2.00. The van der Waals surface area contributed by atoms with Crippen molar-refractivity contribution < 1.29 is 0 Å². The van der Waals surface area contributed by atoms with E-state index < -0.39 is 0 Å². The fourth-order valence-electron chi connectivity index (χ4n) is 0.538. The van der Waals surface area contributed by atoms with Crippen LogP contribution in [0.1, 0.15) is 6.42 Å². The van der Waals surface area contributed by atoms with Crippen LogP contribution in [0.5, 0.6) is 0 Å². The normalized spacial score (nSPS) is 17.8. The van der Waals surface area contributed by atoms with Gasteiger partial charge in [0.05, 0.1) is 0 Å². The second-order valence-corrected chi connectivity index (χ2v) is 1.91. The van der Waals surface area contributed by atoms with Crippen molar-refractivity contribution in [3.05, 3.63) is 0 Å². The predicted molar refractivity (Wildman–Crippen MR) is 35.8 cm³/mol. The van der Waals surface area contributed by atoms with Crippen molar-refractivity contribution in [2.45, 2.75) is 6.42 Å². The number of nitrogens with zero attached hydrogens (tertiary/aromatic N) is 3. The summed E-state index contributed by atoms with van der Waals surface area (Å²) in [4.78, 5) is 7.44. The molecule has 0 atom stereocenters. The molecule has 0 saturated heterocycles. The van der Waals surface area contributed by atoms with Gasteiger partial charge in [-0.2, -0.15) is 5.26 Å². The molecule has 0 saturated carbocycles. The summed E-state index contributed by atoms with van der Waals surface area (Å²) >= 11 is 5.40. The van der Waals surface area contributed by atoms with Gasteiger partial charge in [-0.3, -0.25) is 4.99 Å². The lowest BCUT2D eigenvalue weighted by Gasteiger charge is -1.99. The fourth-order valence-corrected chi connectivity index (χ4v) is 0.724. The van der Waals surface area contributed by atoms with E-state index in [1.807, 2.05) is 6.07 Å². The molecule has 0 aromatic carbocycles. The minimum Gasteiger partial charge on any atom is -0.256 e. The number of amidine groups is 1.